The van der Waals surface area contributed by atoms with Crippen molar-refractivity contribution < 1.29 is 19.0 Å². The van der Waals surface area contributed by atoms with E-state index in [0.29, 0.717) is 5.30 Å². The molecule has 1 rings (SSSR count). The molecule has 0 spiro atoms. The van der Waals surface area contributed by atoms with Gasteiger partial charge in [0.15, 0.2) is 0 Å². The highest BCUT2D eigenvalue weighted by Crippen LogP contribution is 2.37. The van der Waals surface area contributed by atoms with Crippen LogP contribution in [0.2, 0.25) is 0 Å². The lowest BCUT2D eigenvalue weighted by molar-refractivity contribution is -0.383. The van der Waals surface area contributed by atoms with Gasteiger partial charge in [0, 0.05) is 11.4 Å². The number of nitrogens with one attached hydrogen (secondary N) is 1. The van der Waals surface area contributed by atoms with Gasteiger partial charge in [-0.15, -0.1) is 0 Å². The minimum atomic E-state index is -2.62. The first kappa shape index (κ1) is 17.2. The zero-order valence-corrected chi connectivity index (χ0v) is 13.6. The van der Waals surface area contributed by atoms with Crippen LogP contribution in [-0.4, -0.2) is 29.9 Å². The van der Waals surface area contributed by atoms with Crippen LogP contribution < -0.4 is 10.6 Å². The second-order valence-corrected chi connectivity index (χ2v) is 9.15. The number of benzene rings is 1. The number of amides is 1. The van der Waals surface area contributed by atoms with Crippen molar-refractivity contribution in [3.05, 3.63) is 28.3 Å². The van der Waals surface area contributed by atoms with Crippen LogP contribution in [0.3, 0.4) is 0 Å². The molecule has 0 fully saturated rings. The summed E-state index contributed by atoms with van der Waals surface area (Å²) < 4.78 is 17.0. The van der Waals surface area contributed by atoms with Crippen LogP contribution in [0.4, 0.5) is 16.2 Å². The molecule has 0 radical (unpaired) electrons. The lowest BCUT2D eigenvalue weighted by Gasteiger charge is -2.19. The Kier molecular flexibility index (Phi) is 4.79. The Balaban J connectivity index is 3.11. The number of nitrogens with zero attached hydrogens (tertiary/aromatic N) is 1. The second kappa shape index (κ2) is 5.85. The molecule has 0 atom stereocenters. The minimum absolute atomic E-state index is 0.00597. The molecule has 0 heterocycles. The number of anilines is 1. The standard InChI is InChI=1S/C13H19N2O5P/c1-13(2,3)20-12(16)14-10-7-6-9(21(4,5)19)8-11(10)15(17)18/h6-8H,1-5H3,(H,14,16). The van der Waals surface area contributed by atoms with Crippen LogP contribution in [0, 0.1) is 10.1 Å². The predicted molar refractivity (Wildman–Crippen MR) is 82.0 cm³/mol. The van der Waals surface area contributed by atoms with Gasteiger partial charge in [0.25, 0.3) is 5.69 Å². The number of rotatable bonds is 3. The van der Waals surface area contributed by atoms with Crippen LogP contribution in [0.25, 0.3) is 0 Å². The van der Waals surface area contributed by atoms with Crippen molar-refractivity contribution in [2.75, 3.05) is 18.6 Å². The fourth-order valence-corrected chi connectivity index (χ4v) is 2.39. The Morgan fingerprint density at radius 1 is 1.33 bits per heavy atom. The maximum Gasteiger partial charge on any atom is 0.412 e. The largest absolute Gasteiger partial charge is 0.444 e. The van der Waals surface area contributed by atoms with Gasteiger partial charge in [0.2, 0.25) is 0 Å². The van der Waals surface area contributed by atoms with E-state index in [0.717, 1.165) is 0 Å². The first-order valence-corrected chi connectivity index (χ1v) is 8.84. The van der Waals surface area contributed by atoms with Crippen LogP contribution in [0.1, 0.15) is 20.8 Å². The van der Waals surface area contributed by atoms with Gasteiger partial charge in [0.1, 0.15) is 18.4 Å². The first-order chi connectivity index (χ1) is 9.40. The van der Waals surface area contributed by atoms with Crippen LogP contribution >= 0.6 is 7.14 Å². The van der Waals surface area contributed by atoms with Gasteiger partial charge in [0.05, 0.1) is 4.92 Å². The number of carbonyl (C=O) groups excluding carboxylic acids is 1. The van der Waals surface area contributed by atoms with Gasteiger partial charge in [-0.25, -0.2) is 4.79 Å². The van der Waals surface area contributed by atoms with E-state index in [1.807, 2.05) is 0 Å². The van der Waals surface area contributed by atoms with Gasteiger partial charge < -0.3 is 9.30 Å². The summed E-state index contributed by atoms with van der Waals surface area (Å²) in [6.45, 7) is 8.11. The molecule has 0 saturated carbocycles. The topological polar surface area (TPSA) is 98.5 Å². The number of nitro benzene ring substituents is 1. The molecular weight excluding hydrogens is 295 g/mol. The third kappa shape index (κ3) is 5.19. The average Bonchev–Trinajstić information content (AvgIpc) is 2.24. The summed E-state index contributed by atoms with van der Waals surface area (Å²) in [5.41, 5.74) is -1.02. The summed E-state index contributed by atoms with van der Waals surface area (Å²) in [5, 5.41) is 13.8. The minimum Gasteiger partial charge on any atom is -0.444 e. The van der Waals surface area contributed by atoms with Crippen molar-refractivity contribution in [3.8, 4) is 0 Å². The van der Waals surface area contributed by atoms with E-state index in [1.54, 1.807) is 20.8 Å². The Labute approximate surface area is 123 Å². The molecule has 8 heteroatoms. The van der Waals surface area contributed by atoms with Gasteiger partial charge in [-0.1, -0.05) is 0 Å². The predicted octanol–water partition coefficient (Wildman–Crippen LogP) is 3.19. The molecule has 0 aliphatic rings. The molecule has 116 valence electrons. The van der Waals surface area contributed by atoms with Gasteiger partial charge in [-0.2, -0.15) is 0 Å². The zero-order valence-electron chi connectivity index (χ0n) is 12.7. The monoisotopic (exact) mass is 314 g/mol. The molecule has 1 amide bonds. The van der Waals surface area contributed by atoms with Crippen molar-refractivity contribution >= 4 is 29.9 Å². The summed E-state index contributed by atoms with van der Waals surface area (Å²) in [5.74, 6) is 0. The van der Waals surface area contributed by atoms with E-state index < -0.39 is 23.8 Å². The van der Waals surface area contributed by atoms with Crippen molar-refractivity contribution in [1.82, 2.24) is 0 Å². The van der Waals surface area contributed by atoms with E-state index in [-0.39, 0.29) is 11.4 Å². The second-order valence-electron chi connectivity index (χ2n) is 5.94. The molecular formula is C13H19N2O5P. The number of carbonyl (C=O) groups is 1. The van der Waals surface area contributed by atoms with E-state index in [1.165, 1.54) is 31.5 Å². The normalized spacial score (nSPS) is 11.9. The number of nitro groups is 1. The maximum absolute atomic E-state index is 12.0. The molecule has 0 aliphatic carbocycles. The summed E-state index contributed by atoms with van der Waals surface area (Å²) in [4.78, 5) is 22.1. The van der Waals surface area contributed by atoms with E-state index in [2.05, 4.69) is 5.32 Å². The highest BCUT2D eigenvalue weighted by Gasteiger charge is 2.23. The Morgan fingerprint density at radius 3 is 2.33 bits per heavy atom. The molecule has 1 aromatic rings. The van der Waals surface area contributed by atoms with Crippen LogP contribution in [0.15, 0.2) is 18.2 Å². The van der Waals surface area contributed by atoms with Crippen molar-refractivity contribution in [3.63, 3.8) is 0 Å². The lowest BCUT2D eigenvalue weighted by Crippen LogP contribution is -2.27. The molecule has 0 saturated heterocycles. The molecule has 0 unspecified atom stereocenters. The molecule has 7 nitrogen and oxygen atoms in total. The Morgan fingerprint density at radius 2 is 1.90 bits per heavy atom. The molecule has 0 bridgehead atoms. The van der Waals surface area contributed by atoms with Gasteiger partial charge in [-0.3, -0.25) is 15.4 Å². The fraction of sp³-hybridized carbons (Fsp3) is 0.462. The summed E-state index contributed by atoms with van der Waals surface area (Å²) >= 11 is 0. The van der Waals surface area contributed by atoms with E-state index in [9.17, 15) is 19.5 Å². The molecule has 1 aromatic carbocycles. The van der Waals surface area contributed by atoms with Crippen molar-refractivity contribution in [1.29, 1.82) is 0 Å². The average molecular weight is 314 g/mol. The SMILES string of the molecule is CC(C)(C)OC(=O)Nc1ccc(P(C)(C)=O)cc1[N+](=O)[O-]. The summed E-state index contributed by atoms with van der Waals surface area (Å²) in [6, 6.07) is 4.07. The lowest BCUT2D eigenvalue weighted by atomic mass is 10.2. The van der Waals surface area contributed by atoms with E-state index >= 15 is 0 Å². The van der Waals surface area contributed by atoms with Crippen LogP contribution in [0.5, 0.6) is 0 Å². The maximum atomic E-state index is 12.0. The number of ether oxygens (including phenoxy) is 1. The smallest absolute Gasteiger partial charge is 0.412 e. The number of hydrogen-bond acceptors (Lipinski definition) is 5. The highest BCUT2D eigenvalue weighted by atomic mass is 31.2. The van der Waals surface area contributed by atoms with Crippen molar-refractivity contribution in [2.24, 2.45) is 0 Å². The first-order valence-electron chi connectivity index (χ1n) is 6.24. The zero-order chi connectivity index (χ0) is 16.4. The summed E-state index contributed by atoms with van der Waals surface area (Å²) in [6.07, 6.45) is -0.783. The highest BCUT2D eigenvalue weighted by molar-refractivity contribution is 7.70. The Hall–Kier alpha value is -1.88. The third-order valence-corrected chi connectivity index (χ3v) is 3.96. The molecule has 21 heavy (non-hydrogen) atoms. The van der Waals surface area contributed by atoms with Crippen LogP contribution in [-0.2, 0) is 9.30 Å². The molecule has 1 N–H and O–H groups in total. The third-order valence-electron chi connectivity index (χ3n) is 2.44. The van der Waals surface area contributed by atoms with Crippen molar-refractivity contribution in [2.45, 2.75) is 26.4 Å². The quantitative estimate of drug-likeness (QED) is 0.525. The van der Waals surface area contributed by atoms with E-state index in [4.69, 9.17) is 4.74 Å². The fourth-order valence-electron chi connectivity index (χ4n) is 1.53. The molecule has 0 aromatic heterocycles. The van der Waals surface area contributed by atoms with Gasteiger partial charge >= 0.3 is 6.09 Å². The Bertz CT molecular complexity index is 615. The summed E-state index contributed by atoms with van der Waals surface area (Å²) in [7, 11) is -2.62. The van der Waals surface area contributed by atoms with Gasteiger partial charge in [-0.05, 0) is 46.2 Å². The molecule has 0 aliphatic heterocycles. The number of hydrogen-bond donors (Lipinski definition) is 1.